The molecule has 0 saturated heterocycles. The Labute approximate surface area is 173 Å². The van der Waals surface area contributed by atoms with Crippen molar-refractivity contribution in [3.05, 3.63) is 34.3 Å². The summed E-state index contributed by atoms with van der Waals surface area (Å²) in [5.74, 6) is -0.417. The highest BCUT2D eigenvalue weighted by Crippen LogP contribution is 2.38. The second kappa shape index (κ2) is 8.65. The van der Waals surface area contributed by atoms with Gasteiger partial charge in [0.1, 0.15) is 23.0 Å². The fraction of sp³-hybridized carbons (Fsp3) is 0.450. The number of nitrogens with zero attached hydrogens (tertiary/aromatic N) is 2. The maximum atomic E-state index is 12.7. The average Bonchev–Trinajstić information content (AvgIpc) is 2.48. The normalized spacial score (nSPS) is 11.5. The van der Waals surface area contributed by atoms with Gasteiger partial charge < -0.3 is 14.9 Å². The zero-order chi connectivity index (χ0) is 21.9. The van der Waals surface area contributed by atoms with E-state index in [1.54, 1.807) is 19.9 Å². The molecular weight excluding hydrogens is 428 g/mol. The lowest BCUT2D eigenvalue weighted by atomic mass is 9.84. The Morgan fingerprint density at radius 3 is 2.36 bits per heavy atom. The third kappa shape index (κ3) is 5.73. The number of phenols is 1. The molecule has 152 valence electrons. The molecule has 0 heterocycles. The molecular formula is C20H25BrN2O5. The lowest BCUT2D eigenvalue weighted by Crippen LogP contribution is -2.42. The van der Waals surface area contributed by atoms with Crippen LogP contribution < -0.4 is 4.90 Å². The van der Waals surface area contributed by atoms with E-state index >= 15 is 0 Å². The number of hydrogen-bond acceptors (Lipinski definition) is 5. The summed E-state index contributed by atoms with van der Waals surface area (Å²) in [4.78, 5) is 24.8. The monoisotopic (exact) mass is 452 g/mol. The Kier molecular flexibility index (Phi) is 7.26. The average molecular weight is 453 g/mol. The third-order valence-electron chi connectivity index (χ3n) is 3.73. The van der Waals surface area contributed by atoms with Gasteiger partial charge in [-0.05, 0) is 38.2 Å². The minimum absolute atomic E-state index is 0.163. The van der Waals surface area contributed by atoms with Gasteiger partial charge in [-0.25, -0.2) is 9.59 Å². The Morgan fingerprint density at radius 2 is 1.93 bits per heavy atom. The summed E-state index contributed by atoms with van der Waals surface area (Å²) in [6, 6.07) is 3.06. The van der Waals surface area contributed by atoms with Crippen LogP contribution in [0, 0.1) is 16.7 Å². The van der Waals surface area contributed by atoms with Crippen molar-refractivity contribution in [1.29, 1.82) is 5.26 Å². The Balaban J connectivity index is 3.44. The number of carbonyl (C=O) groups is 2. The van der Waals surface area contributed by atoms with Crippen LogP contribution in [0.4, 0.5) is 15.3 Å². The van der Waals surface area contributed by atoms with E-state index < -0.39 is 23.5 Å². The number of anilines is 1. The van der Waals surface area contributed by atoms with Gasteiger partial charge in [-0.1, -0.05) is 42.8 Å². The van der Waals surface area contributed by atoms with Crippen LogP contribution in [-0.4, -0.2) is 28.0 Å². The number of phenolic OH excluding ortho intramolecular Hbond substituents is 1. The second-order valence-corrected chi connectivity index (χ2v) is 9.02. The molecule has 1 aromatic rings. The first-order chi connectivity index (χ1) is 12.7. The van der Waals surface area contributed by atoms with E-state index in [2.05, 4.69) is 22.5 Å². The van der Waals surface area contributed by atoms with Gasteiger partial charge in [0, 0.05) is 10.0 Å². The first kappa shape index (κ1) is 23.5. The van der Waals surface area contributed by atoms with Crippen molar-refractivity contribution in [1.82, 2.24) is 0 Å². The van der Waals surface area contributed by atoms with Crippen LogP contribution in [0.3, 0.4) is 0 Å². The summed E-state index contributed by atoms with van der Waals surface area (Å²) in [6.07, 6.45) is -0.523. The lowest BCUT2D eigenvalue weighted by Gasteiger charge is -2.33. The van der Waals surface area contributed by atoms with E-state index in [-0.39, 0.29) is 23.1 Å². The third-order valence-corrected chi connectivity index (χ3v) is 4.43. The molecule has 0 aliphatic heterocycles. The molecule has 28 heavy (non-hydrogen) atoms. The standard InChI is InChI=1S/C20H25BrN2O5/c1-7-8-12-14(21)9-15(13(10-22)16(12)24)23(17(25)26)18(27)28-20(5,6)11-19(2,3)4/h7,9,24H,1,8,11H2,2-6H3,(H,25,26). The molecule has 0 aromatic heterocycles. The van der Waals surface area contributed by atoms with Crippen molar-refractivity contribution >= 4 is 33.8 Å². The summed E-state index contributed by atoms with van der Waals surface area (Å²) in [6.45, 7) is 12.9. The number of benzene rings is 1. The smallest absolute Gasteiger partial charge is 0.424 e. The highest BCUT2D eigenvalue weighted by molar-refractivity contribution is 9.10. The molecule has 2 amide bonds. The molecule has 1 rings (SSSR count). The van der Waals surface area contributed by atoms with Crippen LogP contribution in [0.25, 0.3) is 0 Å². The quantitative estimate of drug-likeness (QED) is 0.563. The summed E-state index contributed by atoms with van der Waals surface area (Å²) < 4.78 is 5.77. The van der Waals surface area contributed by atoms with E-state index in [0.717, 1.165) is 0 Å². The highest BCUT2D eigenvalue weighted by atomic mass is 79.9. The molecule has 0 aliphatic carbocycles. The molecule has 7 nitrogen and oxygen atoms in total. The highest BCUT2D eigenvalue weighted by Gasteiger charge is 2.35. The number of amides is 2. The molecule has 0 unspecified atom stereocenters. The van der Waals surface area contributed by atoms with Crippen LogP contribution in [0.5, 0.6) is 5.75 Å². The number of nitriles is 1. The number of rotatable bonds is 5. The molecule has 1 aromatic carbocycles. The van der Waals surface area contributed by atoms with Crippen LogP contribution >= 0.6 is 15.9 Å². The van der Waals surface area contributed by atoms with Gasteiger partial charge in [-0.15, -0.1) is 6.58 Å². The van der Waals surface area contributed by atoms with Crippen molar-refractivity contribution in [2.24, 2.45) is 5.41 Å². The molecule has 2 N–H and O–H groups in total. The van der Waals surface area contributed by atoms with Crippen LogP contribution in [-0.2, 0) is 11.2 Å². The number of carbonyl (C=O) groups excluding carboxylic acids is 1. The van der Waals surface area contributed by atoms with E-state index in [1.807, 2.05) is 20.8 Å². The number of ether oxygens (including phenoxy) is 1. The number of hydrogen-bond donors (Lipinski definition) is 2. The first-order valence-corrected chi connectivity index (χ1v) is 9.34. The SMILES string of the molecule is C=CCc1c(Br)cc(N(C(=O)O)C(=O)OC(C)(C)CC(C)(C)C)c(C#N)c1O. The number of aromatic hydroxyl groups is 1. The van der Waals surface area contributed by atoms with Crippen molar-refractivity contribution in [2.75, 3.05) is 4.90 Å². The number of allylic oxidation sites excluding steroid dienone is 1. The molecule has 0 radical (unpaired) electrons. The van der Waals surface area contributed by atoms with Crippen LogP contribution in [0.1, 0.15) is 52.2 Å². The minimum atomic E-state index is -1.63. The fourth-order valence-electron chi connectivity index (χ4n) is 3.16. The molecule has 0 atom stereocenters. The number of halogens is 1. The van der Waals surface area contributed by atoms with E-state index in [1.165, 1.54) is 12.1 Å². The molecule has 0 fully saturated rings. The van der Waals surface area contributed by atoms with Gasteiger partial charge in [-0.3, -0.25) is 0 Å². The summed E-state index contributed by atoms with van der Waals surface area (Å²) >= 11 is 3.24. The maximum absolute atomic E-state index is 12.7. The maximum Gasteiger partial charge on any atom is 0.424 e. The van der Waals surface area contributed by atoms with Crippen LogP contribution in [0.15, 0.2) is 23.2 Å². The Bertz CT molecular complexity index is 834. The van der Waals surface area contributed by atoms with Gasteiger partial charge in [-0.2, -0.15) is 10.2 Å². The molecule has 0 aliphatic rings. The zero-order valence-electron chi connectivity index (χ0n) is 16.7. The van der Waals surface area contributed by atoms with Crippen molar-refractivity contribution in [2.45, 2.75) is 53.1 Å². The predicted octanol–water partition coefficient (Wildman–Crippen LogP) is 5.59. The van der Waals surface area contributed by atoms with E-state index in [0.29, 0.717) is 21.4 Å². The van der Waals surface area contributed by atoms with Crippen molar-refractivity contribution < 1.29 is 24.5 Å². The summed E-state index contributed by atoms with van der Waals surface area (Å²) in [5.41, 5.74) is -1.37. The molecule has 0 saturated carbocycles. The molecule has 8 heteroatoms. The van der Waals surface area contributed by atoms with E-state index in [4.69, 9.17) is 4.74 Å². The van der Waals surface area contributed by atoms with Gasteiger partial charge in [0.15, 0.2) is 0 Å². The minimum Gasteiger partial charge on any atom is -0.506 e. The zero-order valence-corrected chi connectivity index (χ0v) is 18.3. The fourth-order valence-corrected chi connectivity index (χ4v) is 3.73. The van der Waals surface area contributed by atoms with Gasteiger partial charge in [0.05, 0.1) is 5.69 Å². The largest absolute Gasteiger partial charge is 0.506 e. The molecule has 0 bridgehead atoms. The number of imide groups is 1. The first-order valence-electron chi connectivity index (χ1n) is 8.55. The summed E-state index contributed by atoms with van der Waals surface area (Å²) in [5, 5.41) is 29.5. The Morgan fingerprint density at radius 1 is 1.36 bits per heavy atom. The van der Waals surface area contributed by atoms with Crippen molar-refractivity contribution in [3.63, 3.8) is 0 Å². The van der Waals surface area contributed by atoms with Crippen LogP contribution in [0.2, 0.25) is 0 Å². The topological polar surface area (TPSA) is 111 Å². The second-order valence-electron chi connectivity index (χ2n) is 8.17. The van der Waals surface area contributed by atoms with Gasteiger partial charge >= 0.3 is 12.2 Å². The van der Waals surface area contributed by atoms with Crippen molar-refractivity contribution in [3.8, 4) is 11.8 Å². The lowest BCUT2D eigenvalue weighted by molar-refractivity contribution is 0.0145. The van der Waals surface area contributed by atoms with E-state index in [9.17, 15) is 25.1 Å². The molecule has 0 spiro atoms. The number of carboxylic acid groups (broad SMARTS) is 1. The Hall–Kier alpha value is -2.53. The van der Waals surface area contributed by atoms with Gasteiger partial charge in [0.2, 0.25) is 0 Å². The van der Waals surface area contributed by atoms with Gasteiger partial charge in [0.25, 0.3) is 0 Å². The summed E-state index contributed by atoms with van der Waals surface area (Å²) in [7, 11) is 0. The predicted molar refractivity (Wildman–Crippen MR) is 110 cm³/mol.